The van der Waals surface area contributed by atoms with Crippen molar-refractivity contribution in [3.63, 3.8) is 0 Å². The first kappa shape index (κ1) is 13.7. The molecule has 0 aliphatic carbocycles. The van der Waals surface area contributed by atoms with Crippen molar-refractivity contribution in [1.29, 1.82) is 0 Å². The van der Waals surface area contributed by atoms with E-state index in [9.17, 15) is 4.39 Å². The maximum absolute atomic E-state index is 13.5. The summed E-state index contributed by atoms with van der Waals surface area (Å²) in [7, 11) is 0. The minimum absolute atomic E-state index is 0.170. The molecule has 0 radical (unpaired) electrons. The van der Waals surface area contributed by atoms with Gasteiger partial charge in [-0.3, -0.25) is 0 Å². The summed E-state index contributed by atoms with van der Waals surface area (Å²) in [6, 6.07) is 4.79. The second kappa shape index (κ2) is 5.52. The van der Waals surface area contributed by atoms with E-state index in [4.69, 9.17) is 5.73 Å². The summed E-state index contributed by atoms with van der Waals surface area (Å²) in [5, 5.41) is 3.07. The first-order valence-corrected chi connectivity index (χ1v) is 6.60. The zero-order chi connectivity index (χ0) is 14.0. The zero-order valence-electron chi connectivity index (χ0n) is 10.6. The molecule has 0 amide bonds. The van der Waals surface area contributed by atoms with Crippen molar-refractivity contribution < 1.29 is 4.39 Å². The normalized spacial score (nSPS) is 10.8. The van der Waals surface area contributed by atoms with Gasteiger partial charge in [-0.15, -0.1) is 0 Å². The Kier molecular flexibility index (Phi) is 3.99. The Hall–Kier alpha value is -1.69. The fourth-order valence-corrected chi connectivity index (χ4v) is 2.04. The predicted molar refractivity (Wildman–Crippen MR) is 77.9 cm³/mol. The van der Waals surface area contributed by atoms with Gasteiger partial charge in [-0.05, 0) is 40.0 Å². The van der Waals surface area contributed by atoms with Crippen LogP contribution in [0, 0.1) is 5.82 Å². The van der Waals surface area contributed by atoms with Gasteiger partial charge in [0.15, 0.2) is 0 Å². The number of nitrogens with two attached hydrogens (primary N) is 1. The third-order valence-electron chi connectivity index (χ3n) is 2.67. The van der Waals surface area contributed by atoms with Crippen molar-refractivity contribution in [2.45, 2.75) is 19.8 Å². The summed E-state index contributed by atoms with van der Waals surface area (Å²) < 4.78 is 13.9. The summed E-state index contributed by atoms with van der Waals surface area (Å²) in [5.74, 6) is 0.872. The van der Waals surface area contributed by atoms with Crippen LogP contribution in [0.15, 0.2) is 29.0 Å². The van der Waals surface area contributed by atoms with Gasteiger partial charge in [0.25, 0.3) is 0 Å². The van der Waals surface area contributed by atoms with Crippen LogP contribution in [-0.2, 0) is 0 Å². The highest BCUT2D eigenvalue weighted by atomic mass is 79.9. The van der Waals surface area contributed by atoms with E-state index in [0.29, 0.717) is 21.8 Å². The molecule has 2 aromatic rings. The summed E-state index contributed by atoms with van der Waals surface area (Å²) in [4.78, 5) is 8.15. The van der Waals surface area contributed by atoms with Gasteiger partial charge >= 0.3 is 0 Å². The van der Waals surface area contributed by atoms with Gasteiger partial charge in [0.2, 0.25) is 0 Å². The molecule has 0 unspecified atom stereocenters. The number of nitrogen functional groups attached to an aromatic ring is 1. The number of nitrogens with zero attached hydrogens (tertiary/aromatic N) is 2. The molecule has 6 heteroatoms. The topological polar surface area (TPSA) is 63.8 Å². The molecule has 100 valence electrons. The van der Waals surface area contributed by atoms with Crippen molar-refractivity contribution in [2.75, 3.05) is 11.1 Å². The minimum atomic E-state index is -0.335. The zero-order valence-corrected chi connectivity index (χ0v) is 12.2. The Morgan fingerprint density at radius 1 is 1.32 bits per heavy atom. The van der Waals surface area contributed by atoms with Crippen LogP contribution in [0.2, 0.25) is 0 Å². The lowest BCUT2D eigenvalue weighted by Crippen LogP contribution is -2.06. The minimum Gasteiger partial charge on any atom is -0.383 e. The molecule has 19 heavy (non-hydrogen) atoms. The maximum Gasteiger partial charge on any atom is 0.139 e. The first-order valence-electron chi connectivity index (χ1n) is 5.81. The predicted octanol–water partition coefficient (Wildman–Crippen LogP) is 3.83. The Labute approximate surface area is 119 Å². The lowest BCUT2D eigenvalue weighted by Gasteiger charge is -2.15. The molecule has 0 spiro atoms. The summed E-state index contributed by atoms with van der Waals surface area (Å²) >= 11 is 3.12. The van der Waals surface area contributed by atoms with Crippen LogP contribution in [0.1, 0.15) is 25.3 Å². The summed E-state index contributed by atoms with van der Waals surface area (Å²) in [5.41, 5.74) is 7.29. The molecule has 3 N–H and O–H groups in total. The van der Waals surface area contributed by atoms with E-state index in [1.807, 2.05) is 13.8 Å². The smallest absolute Gasteiger partial charge is 0.139 e. The van der Waals surface area contributed by atoms with Crippen LogP contribution in [-0.4, -0.2) is 9.97 Å². The molecular formula is C13H14BrFN4. The van der Waals surface area contributed by atoms with Crippen LogP contribution in [0.25, 0.3) is 0 Å². The molecule has 0 fully saturated rings. The highest BCUT2D eigenvalue weighted by molar-refractivity contribution is 9.10. The first-order chi connectivity index (χ1) is 8.99. The van der Waals surface area contributed by atoms with Crippen molar-refractivity contribution in [1.82, 2.24) is 9.97 Å². The van der Waals surface area contributed by atoms with Crippen LogP contribution in [0.4, 0.5) is 21.7 Å². The highest BCUT2D eigenvalue weighted by Crippen LogP contribution is 2.29. The quantitative estimate of drug-likeness (QED) is 0.900. The van der Waals surface area contributed by atoms with Crippen LogP contribution in [0.5, 0.6) is 0 Å². The number of hydrogen-bond donors (Lipinski definition) is 2. The Balaban J connectivity index is 2.38. The van der Waals surface area contributed by atoms with Crippen LogP contribution in [0.3, 0.4) is 0 Å². The van der Waals surface area contributed by atoms with Crippen LogP contribution >= 0.6 is 15.9 Å². The molecule has 2 rings (SSSR count). The number of nitrogens with one attached hydrogen (secondary N) is 1. The van der Waals surface area contributed by atoms with Gasteiger partial charge in [-0.25, -0.2) is 14.4 Å². The molecule has 0 saturated carbocycles. The molecule has 0 aliphatic rings. The Morgan fingerprint density at radius 2 is 2.05 bits per heavy atom. The number of anilines is 3. The second-order valence-electron chi connectivity index (χ2n) is 4.43. The third kappa shape index (κ3) is 3.01. The van der Waals surface area contributed by atoms with Crippen LogP contribution < -0.4 is 11.1 Å². The fourth-order valence-electron chi connectivity index (χ4n) is 1.79. The van der Waals surface area contributed by atoms with Gasteiger partial charge in [-0.1, -0.05) is 13.8 Å². The lowest BCUT2D eigenvalue weighted by molar-refractivity contribution is 0.622. The standard InChI is InChI=1S/C13H14BrFN4/c1-7(2)11-12(16)17-6-18-13(11)19-8-3-4-9(14)10(15)5-8/h3-7H,1-2H3,(H3,16,17,18,19). The second-order valence-corrected chi connectivity index (χ2v) is 5.28. The van der Waals surface area contributed by atoms with E-state index in [1.54, 1.807) is 12.1 Å². The van der Waals surface area contributed by atoms with Gasteiger partial charge in [0.1, 0.15) is 23.8 Å². The molecule has 0 aliphatic heterocycles. The van der Waals surface area contributed by atoms with E-state index in [2.05, 4.69) is 31.2 Å². The highest BCUT2D eigenvalue weighted by Gasteiger charge is 2.13. The number of benzene rings is 1. The fraction of sp³-hybridized carbons (Fsp3) is 0.231. The van der Waals surface area contributed by atoms with Crippen molar-refractivity contribution in [2.24, 2.45) is 0 Å². The summed E-state index contributed by atoms with van der Waals surface area (Å²) in [6.45, 7) is 4.00. The molecule has 1 aromatic carbocycles. The van der Waals surface area contributed by atoms with Crippen molar-refractivity contribution >= 4 is 33.3 Å². The van der Waals surface area contributed by atoms with Gasteiger partial charge in [-0.2, -0.15) is 0 Å². The third-order valence-corrected chi connectivity index (χ3v) is 3.32. The largest absolute Gasteiger partial charge is 0.383 e. The van der Waals surface area contributed by atoms with Crippen molar-refractivity contribution in [3.8, 4) is 0 Å². The van der Waals surface area contributed by atoms with E-state index < -0.39 is 0 Å². The molecule has 4 nitrogen and oxygen atoms in total. The van der Waals surface area contributed by atoms with E-state index in [1.165, 1.54) is 12.4 Å². The monoisotopic (exact) mass is 324 g/mol. The van der Waals surface area contributed by atoms with Gasteiger partial charge in [0.05, 0.1) is 4.47 Å². The number of hydrogen-bond acceptors (Lipinski definition) is 4. The Bertz CT molecular complexity index is 601. The number of aromatic nitrogens is 2. The van der Waals surface area contributed by atoms with E-state index in [-0.39, 0.29) is 11.7 Å². The molecule has 0 bridgehead atoms. The molecule has 1 aromatic heterocycles. The number of rotatable bonds is 3. The molecule has 0 saturated heterocycles. The number of halogens is 2. The summed E-state index contributed by atoms with van der Waals surface area (Å²) in [6.07, 6.45) is 1.39. The molecular weight excluding hydrogens is 311 g/mol. The van der Waals surface area contributed by atoms with E-state index >= 15 is 0 Å². The molecule has 0 atom stereocenters. The average molecular weight is 325 g/mol. The SMILES string of the molecule is CC(C)c1c(N)ncnc1Nc1ccc(Br)c(F)c1. The maximum atomic E-state index is 13.5. The van der Waals surface area contributed by atoms with Gasteiger partial charge < -0.3 is 11.1 Å². The van der Waals surface area contributed by atoms with Gasteiger partial charge in [0, 0.05) is 11.3 Å². The molecule has 1 heterocycles. The Morgan fingerprint density at radius 3 is 2.68 bits per heavy atom. The lowest BCUT2D eigenvalue weighted by atomic mass is 10.0. The van der Waals surface area contributed by atoms with Crippen molar-refractivity contribution in [3.05, 3.63) is 40.4 Å². The van der Waals surface area contributed by atoms with E-state index in [0.717, 1.165) is 5.56 Å². The average Bonchev–Trinajstić information content (AvgIpc) is 2.33.